The Labute approximate surface area is 174 Å². The van der Waals surface area contributed by atoms with Crippen molar-refractivity contribution in [2.45, 2.75) is 18.8 Å². The number of likely N-dealkylation sites (N-methyl/N-ethyl adjacent to an activating group) is 1. The molecule has 1 aromatic heterocycles. The van der Waals surface area contributed by atoms with Crippen molar-refractivity contribution in [2.24, 2.45) is 0 Å². The summed E-state index contributed by atoms with van der Waals surface area (Å²) < 4.78 is 33.2. The van der Waals surface area contributed by atoms with Crippen LogP contribution in [0.25, 0.3) is 10.8 Å². The SMILES string of the molecule is CN(C(=O)C(O)c1cccc(Cl)c1)[C@@H]1COCc2[nH]c(=O)c3cc(F)c(F)cc3c21. The van der Waals surface area contributed by atoms with Gasteiger partial charge in [0.1, 0.15) is 0 Å². The number of nitrogens with zero attached hydrogens (tertiary/aromatic N) is 1. The van der Waals surface area contributed by atoms with Crippen LogP contribution in [0.5, 0.6) is 0 Å². The number of ether oxygens (including phenoxy) is 1. The number of pyridine rings is 1. The maximum Gasteiger partial charge on any atom is 0.256 e. The zero-order chi connectivity index (χ0) is 21.6. The third-order valence-corrected chi connectivity index (χ3v) is 5.49. The molecule has 3 aromatic rings. The fourth-order valence-electron chi connectivity index (χ4n) is 3.71. The normalized spacial score (nSPS) is 16.9. The number of carbonyl (C=O) groups excluding carboxylic acids is 1. The van der Waals surface area contributed by atoms with E-state index in [1.165, 1.54) is 18.0 Å². The first-order valence-corrected chi connectivity index (χ1v) is 9.47. The lowest BCUT2D eigenvalue weighted by atomic mass is 9.95. The highest BCUT2D eigenvalue weighted by Gasteiger charge is 2.33. The van der Waals surface area contributed by atoms with Gasteiger partial charge in [-0.15, -0.1) is 0 Å². The van der Waals surface area contributed by atoms with Crippen molar-refractivity contribution in [1.29, 1.82) is 0 Å². The molecule has 2 atom stereocenters. The molecule has 1 aliphatic rings. The summed E-state index contributed by atoms with van der Waals surface area (Å²) in [5.41, 5.74) is 0.547. The number of hydrogen-bond donors (Lipinski definition) is 2. The maximum absolute atomic E-state index is 14.0. The van der Waals surface area contributed by atoms with Gasteiger partial charge < -0.3 is 19.7 Å². The number of aromatic amines is 1. The molecule has 9 heteroatoms. The predicted octanol–water partition coefficient (Wildman–Crippen LogP) is 3.22. The summed E-state index contributed by atoms with van der Waals surface area (Å²) in [6, 6.07) is 7.32. The number of hydrogen-bond acceptors (Lipinski definition) is 4. The lowest BCUT2D eigenvalue weighted by Crippen LogP contribution is -2.40. The van der Waals surface area contributed by atoms with Gasteiger partial charge in [-0.1, -0.05) is 23.7 Å². The van der Waals surface area contributed by atoms with Crippen LogP contribution in [0.3, 0.4) is 0 Å². The van der Waals surface area contributed by atoms with Crippen molar-refractivity contribution in [3.8, 4) is 0 Å². The zero-order valence-corrected chi connectivity index (χ0v) is 16.5. The highest BCUT2D eigenvalue weighted by Crippen LogP contribution is 2.34. The fraction of sp³-hybridized carbons (Fsp3) is 0.238. The second-order valence-corrected chi connectivity index (χ2v) is 7.53. The Balaban J connectivity index is 1.78. The number of aliphatic hydroxyl groups is 1. The van der Waals surface area contributed by atoms with E-state index in [9.17, 15) is 23.5 Å². The summed E-state index contributed by atoms with van der Waals surface area (Å²) in [6.45, 7) is 0.104. The number of aliphatic hydroxyl groups excluding tert-OH is 1. The molecule has 1 amide bonds. The van der Waals surface area contributed by atoms with Gasteiger partial charge in [0.15, 0.2) is 17.7 Å². The van der Waals surface area contributed by atoms with E-state index >= 15 is 0 Å². The molecule has 2 N–H and O–H groups in total. The Kier molecular flexibility index (Phi) is 5.31. The van der Waals surface area contributed by atoms with Crippen LogP contribution >= 0.6 is 11.6 Å². The lowest BCUT2D eigenvalue weighted by Gasteiger charge is -2.34. The monoisotopic (exact) mass is 434 g/mol. The van der Waals surface area contributed by atoms with Crippen LogP contribution in [0.2, 0.25) is 5.02 Å². The van der Waals surface area contributed by atoms with E-state index < -0.39 is 35.2 Å². The van der Waals surface area contributed by atoms with E-state index in [-0.39, 0.29) is 24.0 Å². The standard InChI is InChI=1S/C21H17ClF2N2O4/c1-26(21(29)19(27)10-3-2-4-11(22)5-10)17-9-30-8-16-18(17)12-6-14(23)15(24)7-13(12)20(28)25-16/h2-7,17,19,27H,8-9H2,1H3,(H,25,28)/t17-,19?/m1/s1. The van der Waals surface area contributed by atoms with Crippen molar-refractivity contribution in [3.05, 3.63) is 80.2 Å². The van der Waals surface area contributed by atoms with Crippen LogP contribution in [0, 0.1) is 11.6 Å². The topological polar surface area (TPSA) is 82.6 Å². The first-order valence-electron chi connectivity index (χ1n) is 9.09. The molecular weight excluding hydrogens is 418 g/mol. The largest absolute Gasteiger partial charge is 0.378 e. The molecule has 0 fully saturated rings. The van der Waals surface area contributed by atoms with Gasteiger partial charge in [-0.2, -0.15) is 0 Å². The minimum Gasteiger partial charge on any atom is -0.378 e. The molecule has 0 radical (unpaired) electrons. The molecule has 30 heavy (non-hydrogen) atoms. The smallest absolute Gasteiger partial charge is 0.256 e. The van der Waals surface area contributed by atoms with Gasteiger partial charge in [-0.25, -0.2) is 8.78 Å². The average Bonchev–Trinajstić information content (AvgIpc) is 2.73. The zero-order valence-electron chi connectivity index (χ0n) is 15.8. The Morgan fingerprint density at radius 2 is 1.97 bits per heavy atom. The van der Waals surface area contributed by atoms with Crippen LogP contribution in [0.15, 0.2) is 41.2 Å². The third kappa shape index (κ3) is 3.47. The third-order valence-electron chi connectivity index (χ3n) is 5.25. The highest BCUT2D eigenvalue weighted by molar-refractivity contribution is 6.30. The second-order valence-electron chi connectivity index (χ2n) is 7.10. The van der Waals surface area contributed by atoms with Crippen molar-refractivity contribution >= 4 is 28.3 Å². The maximum atomic E-state index is 14.0. The Hall–Kier alpha value is -2.81. The van der Waals surface area contributed by atoms with Crippen molar-refractivity contribution in [3.63, 3.8) is 0 Å². The van der Waals surface area contributed by atoms with Gasteiger partial charge in [-0.3, -0.25) is 9.59 Å². The molecule has 1 aliphatic heterocycles. The summed E-state index contributed by atoms with van der Waals surface area (Å²) in [4.78, 5) is 29.2. The van der Waals surface area contributed by atoms with Crippen LogP contribution < -0.4 is 5.56 Å². The predicted molar refractivity (Wildman–Crippen MR) is 106 cm³/mol. The van der Waals surface area contributed by atoms with E-state index in [2.05, 4.69) is 4.98 Å². The number of H-pyrrole nitrogens is 1. The van der Waals surface area contributed by atoms with Gasteiger partial charge in [0.05, 0.1) is 24.6 Å². The second kappa shape index (κ2) is 7.79. The minimum absolute atomic E-state index is 0.0317. The summed E-state index contributed by atoms with van der Waals surface area (Å²) >= 11 is 5.94. The van der Waals surface area contributed by atoms with Gasteiger partial charge in [-0.05, 0) is 35.2 Å². The van der Waals surface area contributed by atoms with Crippen LogP contribution in [-0.2, 0) is 16.1 Å². The van der Waals surface area contributed by atoms with Crippen LogP contribution in [0.1, 0.15) is 29.0 Å². The van der Waals surface area contributed by atoms with Gasteiger partial charge in [0, 0.05) is 23.3 Å². The van der Waals surface area contributed by atoms with E-state index in [1.54, 1.807) is 18.2 Å². The summed E-state index contributed by atoms with van der Waals surface area (Å²) in [7, 11) is 1.47. The molecule has 1 unspecified atom stereocenters. The quantitative estimate of drug-likeness (QED) is 0.663. The number of nitrogens with one attached hydrogen (secondary N) is 1. The molecule has 2 heterocycles. The van der Waals surface area contributed by atoms with E-state index in [0.29, 0.717) is 21.8 Å². The van der Waals surface area contributed by atoms with Crippen LogP contribution in [0.4, 0.5) is 8.78 Å². The Bertz CT molecular complexity index is 1210. The number of carbonyl (C=O) groups is 1. The number of aromatic nitrogens is 1. The molecule has 156 valence electrons. The number of amides is 1. The van der Waals surface area contributed by atoms with Crippen molar-refractivity contribution < 1.29 is 23.4 Å². The number of rotatable bonds is 3. The van der Waals surface area contributed by atoms with Crippen LogP contribution in [-0.4, -0.2) is 34.6 Å². The van der Waals surface area contributed by atoms with Gasteiger partial charge in [0.2, 0.25) is 0 Å². The summed E-state index contributed by atoms with van der Waals surface area (Å²) in [6.07, 6.45) is -1.48. The average molecular weight is 435 g/mol. The summed E-state index contributed by atoms with van der Waals surface area (Å²) in [5, 5.41) is 11.1. The van der Waals surface area contributed by atoms with Gasteiger partial charge >= 0.3 is 0 Å². The highest BCUT2D eigenvalue weighted by atomic mass is 35.5. The van der Waals surface area contributed by atoms with Gasteiger partial charge in [0.25, 0.3) is 11.5 Å². The number of fused-ring (bicyclic) bond motifs is 3. The molecule has 6 nitrogen and oxygen atoms in total. The molecule has 2 aromatic carbocycles. The fourth-order valence-corrected chi connectivity index (χ4v) is 3.91. The Morgan fingerprint density at radius 3 is 2.67 bits per heavy atom. The summed E-state index contributed by atoms with van der Waals surface area (Å²) in [5.74, 6) is -2.88. The Morgan fingerprint density at radius 1 is 1.27 bits per heavy atom. The molecule has 0 aliphatic carbocycles. The molecule has 4 rings (SSSR count). The molecular formula is C21H17ClF2N2O4. The first-order chi connectivity index (χ1) is 14.3. The molecule has 0 bridgehead atoms. The molecule has 0 spiro atoms. The van der Waals surface area contributed by atoms with E-state index in [4.69, 9.17) is 16.3 Å². The van der Waals surface area contributed by atoms with E-state index in [1.807, 2.05) is 0 Å². The lowest BCUT2D eigenvalue weighted by molar-refractivity contribution is -0.143. The van der Waals surface area contributed by atoms with E-state index in [0.717, 1.165) is 12.1 Å². The number of halogens is 3. The van der Waals surface area contributed by atoms with Crippen molar-refractivity contribution in [1.82, 2.24) is 9.88 Å². The first kappa shape index (κ1) is 20.5. The van der Waals surface area contributed by atoms with Crippen molar-refractivity contribution in [2.75, 3.05) is 13.7 Å². The molecule has 0 saturated heterocycles. The minimum atomic E-state index is -1.48. The number of benzene rings is 2. The molecule has 0 saturated carbocycles.